The minimum absolute atomic E-state index is 0.0995. The van der Waals surface area contributed by atoms with Crippen molar-refractivity contribution in [2.75, 3.05) is 19.7 Å². The highest BCUT2D eigenvalue weighted by Gasteiger charge is 2.22. The van der Waals surface area contributed by atoms with Gasteiger partial charge in [-0.3, -0.25) is 4.79 Å². The molecule has 0 radical (unpaired) electrons. The van der Waals surface area contributed by atoms with Gasteiger partial charge in [0.2, 0.25) is 5.91 Å². The number of halogens is 1. The van der Waals surface area contributed by atoms with Gasteiger partial charge in [-0.2, -0.15) is 0 Å². The summed E-state index contributed by atoms with van der Waals surface area (Å²) in [6, 6.07) is 6.38. The molecule has 1 atom stereocenters. The Morgan fingerprint density at radius 3 is 3.05 bits per heavy atom. The molecule has 3 nitrogen and oxygen atoms in total. The van der Waals surface area contributed by atoms with Crippen molar-refractivity contribution in [2.45, 2.75) is 25.7 Å². The molecule has 1 aromatic carbocycles. The molecule has 0 aliphatic carbocycles. The Balaban J connectivity index is 1.84. The Hall–Kier alpha value is -1.42. The number of nitrogens with zero attached hydrogens (tertiary/aromatic N) is 1. The van der Waals surface area contributed by atoms with Gasteiger partial charge in [-0.1, -0.05) is 12.1 Å². The average molecular weight is 265 g/mol. The number of aliphatic hydroxyl groups excluding tert-OH is 1. The predicted octanol–water partition coefficient (Wildman–Crippen LogP) is 1.99. The molecule has 1 fully saturated rings. The molecule has 0 bridgehead atoms. The van der Waals surface area contributed by atoms with E-state index in [2.05, 4.69) is 0 Å². The van der Waals surface area contributed by atoms with Gasteiger partial charge in [-0.05, 0) is 42.9 Å². The minimum Gasteiger partial charge on any atom is -0.396 e. The van der Waals surface area contributed by atoms with E-state index in [-0.39, 0.29) is 24.2 Å². The summed E-state index contributed by atoms with van der Waals surface area (Å²) in [5.74, 6) is 0.0533. The molecule has 1 unspecified atom stereocenters. The molecular weight excluding hydrogens is 245 g/mol. The molecule has 0 aromatic heterocycles. The third-order valence-electron chi connectivity index (χ3n) is 3.65. The van der Waals surface area contributed by atoms with E-state index in [9.17, 15) is 9.18 Å². The van der Waals surface area contributed by atoms with Gasteiger partial charge < -0.3 is 10.0 Å². The van der Waals surface area contributed by atoms with Gasteiger partial charge in [0.15, 0.2) is 0 Å². The largest absolute Gasteiger partial charge is 0.396 e. The van der Waals surface area contributed by atoms with E-state index in [0.717, 1.165) is 24.9 Å². The second kappa shape index (κ2) is 6.66. The van der Waals surface area contributed by atoms with Crippen molar-refractivity contribution in [3.05, 3.63) is 35.6 Å². The summed E-state index contributed by atoms with van der Waals surface area (Å²) in [7, 11) is 0. The van der Waals surface area contributed by atoms with Gasteiger partial charge >= 0.3 is 0 Å². The topological polar surface area (TPSA) is 40.5 Å². The number of piperidine rings is 1. The fourth-order valence-electron chi connectivity index (χ4n) is 2.54. The molecule has 0 saturated carbocycles. The molecule has 1 N–H and O–H groups in total. The van der Waals surface area contributed by atoms with Crippen LogP contribution in [-0.4, -0.2) is 35.6 Å². The predicted molar refractivity (Wildman–Crippen MR) is 71.1 cm³/mol. The number of aryl methyl sites for hydroxylation is 1. The molecule has 1 aromatic rings. The maximum absolute atomic E-state index is 13.0. The zero-order valence-corrected chi connectivity index (χ0v) is 11.0. The smallest absolute Gasteiger partial charge is 0.222 e. The number of hydrogen-bond donors (Lipinski definition) is 1. The second-order valence-electron chi connectivity index (χ2n) is 5.16. The average Bonchev–Trinajstić information content (AvgIpc) is 2.45. The first kappa shape index (κ1) is 14.0. The minimum atomic E-state index is -0.261. The summed E-state index contributed by atoms with van der Waals surface area (Å²) in [5, 5.41) is 9.15. The highest BCUT2D eigenvalue weighted by atomic mass is 19.1. The summed E-state index contributed by atoms with van der Waals surface area (Å²) in [6.45, 7) is 1.57. The lowest BCUT2D eigenvalue weighted by molar-refractivity contribution is -0.133. The Morgan fingerprint density at radius 2 is 2.32 bits per heavy atom. The van der Waals surface area contributed by atoms with Crippen LogP contribution in [0, 0.1) is 11.7 Å². The van der Waals surface area contributed by atoms with Crippen LogP contribution in [0.25, 0.3) is 0 Å². The van der Waals surface area contributed by atoms with E-state index >= 15 is 0 Å². The van der Waals surface area contributed by atoms with Crippen molar-refractivity contribution < 1.29 is 14.3 Å². The van der Waals surface area contributed by atoms with E-state index in [4.69, 9.17) is 5.11 Å². The summed E-state index contributed by atoms with van der Waals surface area (Å²) in [5.41, 5.74) is 0.851. The van der Waals surface area contributed by atoms with E-state index in [1.165, 1.54) is 12.1 Å². The fraction of sp³-hybridized carbons (Fsp3) is 0.533. The van der Waals surface area contributed by atoms with Gasteiger partial charge in [0.1, 0.15) is 5.82 Å². The molecule has 1 amide bonds. The summed E-state index contributed by atoms with van der Waals surface area (Å²) >= 11 is 0. The van der Waals surface area contributed by atoms with Crippen LogP contribution in [0.4, 0.5) is 4.39 Å². The summed E-state index contributed by atoms with van der Waals surface area (Å²) < 4.78 is 13.0. The number of benzene rings is 1. The van der Waals surface area contributed by atoms with Crippen LogP contribution in [-0.2, 0) is 11.2 Å². The van der Waals surface area contributed by atoms with Crippen molar-refractivity contribution in [2.24, 2.45) is 5.92 Å². The van der Waals surface area contributed by atoms with Crippen LogP contribution >= 0.6 is 0 Å². The molecule has 1 aliphatic rings. The lowest BCUT2D eigenvalue weighted by atomic mass is 9.98. The van der Waals surface area contributed by atoms with Crippen molar-refractivity contribution in [1.82, 2.24) is 4.90 Å². The van der Waals surface area contributed by atoms with Gasteiger partial charge in [0.25, 0.3) is 0 Å². The van der Waals surface area contributed by atoms with E-state index < -0.39 is 0 Å². The number of amides is 1. The highest BCUT2D eigenvalue weighted by molar-refractivity contribution is 5.76. The monoisotopic (exact) mass is 265 g/mol. The van der Waals surface area contributed by atoms with Crippen LogP contribution < -0.4 is 0 Å². The highest BCUT2D eigenvalue weighted by Crippen LogP contribution is 2.17. The quantitative estimate of drug-likeness (QED) is 0.904. The van der Waals surface area contributed by atoms with Crippen LogP contribution in [0.5, 0.6) is 0 Å². The van der Waals surface area contributed by atoms with Crippen molar-refractivity contribution in [1.29, 1.82) is 0 Å². The van der Waals surface area contributed by atoms with Crippen molar-refractivity contribution >= 4 is 5.91 Å². The molecule has 19 heavy (non-hydrogen) atoms. The molecule has 4 heteroatoms. The zero-order chi connectivity index (χ0) is 13.7. The van der Waals surface area contributed by atoms with Gasteiger partial charge in [-0.15, -0.1) is 0 Å². The molecular formula is C15H20FNO2. The van der Waals surface area contributed by atoms with E-state index in [1.54, 1.807) is 6.07 Å². The third-order valence-corrected chi connectivity index (χ3v) is 3.65. The Labute approximate surface area is 113 Å². The first-order chi connectivity index (χ1) is 9.19. The summed E-state index contributed by atoms with van der Waals surface area (Å²) in [4.78, 5) is 13.9. The molecule has 0 spiro atoms. The van der Waals surface area contributed by atoms with Crippen LogP contribution in [0.2, 0.25) is 0 Å². The van der Waals surface area contributed by atoms with Gasteiger partial charge in [0, 0.05) is 26.1 Å². The lowest BCUT2D eigenvalue weighted by Gasteiger charge is -2.32. The van der Waals surface area contributed by atoms with Crippen molar-refractivity contribution in [3.8, 4) is 0 Å². The fourth-order valence-corrected chi connectivity index (χ4v) is 2.54. The number of likely N-dealkylation sites (tertiary alicyclic amines) is 1. The van der Waals surface area contributed by atoms with Gasteiger partial charge in [0.05, 0.1) is 0 Å². The lowest BCUT2D eigenvalue weighted by Crippen LogP contribution is -2.41. The van der Waals surface area contributed by atoms with Gasteiger partial charge in [-0.25, -0.2) is 4.39 Å². The number of carbonyl (C=O) groups is 1. The summed E-state index contributed by atoms with van der Waals surface area (Å²) in [6.07, 6.45) is 2.92. The first-order valence-electron chi connectivity index (χ1n) is 6.82. The van der Waals surface area contributed by atoms with E-state index in [1.807, 2.05) is 11.0 Å². The maximum Gasteiger partial charge on any atom is 0.222 e. The van der Waals surface area contributed by atoms with Crippen LogP contribution in [0.1, 0.15) is 24.8 Å². The first-order valence-corrected chi connectivity index (χ1v) is 6.82. The molecule has 1 heterocycles. The maximum atomic E-state index is 13.0. The molecule has 104 valence electrons. The third kappa shape index (κ3) is 4.03. The van der Waals surface area contributed by atoms with E-state index in [0.29, 0.717) is 19.4 Å². The second-order valence-corrected chi connectivity index (χ2v) is 5.16. The molecule has 2 rings (SSSR count). The molecule has 1 aliphatic heterocycles. The number of rotatable bonds is 4. The van der Waals surface area contributed by atoms with Crippen LogP contribution in [0.3, 0.4) is 0 Å². The van der Waals surface area contributed by atoms with Crippen LogP contribution in [0.15, 0.2) is 24.3 Å². The Bertz CT molecular complexity index is 436. The SMILES string of the molecule is O=C(CCc1cccc(F)c1)N1CCCC(CO)C1. The molecule has 1 saturated heterocycles. The standard InChI is InChI=1S/C15H20FNO2/c16-14-5-1-3-12(9-14)6-7-15(19)17-8-2-4-13(10-17)11-18/h1,3,5,9,13,18H,2,4,6-8,10-11H2. The number of carbonyl (C=O) groups excluding carboxylic acids is 1. The Kier molecular flexibility index (Phi) is 4.91. The zero-order valence-electron chi connectivity index (χ0n) is 11.0. The van der Waals surface area contributed by atoms with Crippen molar-refractivity contribution in [3.63, 3.8) is 0 Å². The normalized spacial score (nSPS) is 19.5. The number of aliphatic hydroxyl groups is 1. The number of hydrogen-bond acceptors (Lipinski definition) is 2. The Morgan fingerprint density at radius 1 is 1.47 bits per heavy atom.